The number of hydrogen-bond acceptors (Lipinski definition) is 6. The third kappa shape index (κ3) is 4.94. The predicted molar refractivity (Wildman–Crippen MR) is 127 cm³/mol. The van der Waals surface area contributed by atoms with E-state index in [1.165, 1.54) is 25.1 Å². The van der Waals surface area contributed by atoms with Crippen LogP contribution in [-0.4, -0.2) is 63.2 Å². The lowest BCUT2D eigenvalue weighted by Gasteiger charge is -2.37. The largest absolute Gasteiger partial charge is 0.482 e. The van der Waals surface area contributed by atoms with Gasteiger partial charge in [-0.15, -0.1) is 0 Å². The Labute approximate surface area is 198 Å². The van der Waals surface area contributed by atoms with Gasteiger partial charge in [0.05, 0.1) is 15.8 Å². The van der Waals surface area contributed by atoms with Crippen molar-refractivity contribution >= 4 is 44.6 Å². The third-order valence-corrected chi connectivity index (χ3v) is 8.42. The summed E-state index contributed by atoms with van der Waals surface area (Å²) in [5.41, 5.74) is 2.48. The van der Waals surface area contributed by atoms with Crippen LogP contribution < -0.4 is 15.0 Å². The van der Waals surface area contributed by atoms with E-state index in [9.17, 15) is 18.0 Å². The van der Waals surface area contributed by atoms with Crippen LogP contribution in [0.4, 0.5) is 11.4 Å². The van der Waals surface area contributed by atoms with Gasteiger partial charge < -0.3 is 19.9 Å². The second-order valence-corrected chi connectivity index (χ2v) is 11.2. The van der Waals surface area contributed by atoms with Crippen molar-refractivity contribution in [2.75, 3.05) is 43.0 Å². The van der Waals surface area contributed by atoms with Gasteiger partial charge >= 0.3 is 0 Å². The molecule has 0 spiro atoms. The lowest BCUT2D eigenvalue weighted by molar-refractivity contribution is -0.131. The number of aryl methyl sites for hydroxylation is 1. The molecule has 0 bridgehead atoms. The van der Waals surface area contributed by atoms with Crippen molar-refractivity contribution in [3.63, 3.8) is 0 Å². The Morgan fingerprint density at radius 2 is 1.88 bits per heavy atom. The lowest BCUT2D eigenvalue weighted by Crippen LogP contribution is -2.49. The third-order valence-electron chi connectivity index (χ3n) is 6.05. The molecular formula is C23H26ClN3O5S. The van der Waals surface area contributed by atoms with Gasteiger partial charge in [0.2, 0.25) is 5.91 Å². The monoisotopic (exact) mass is 491 g/mol. The maximum atomic E-state index is 13.1. The molecule has 1 N–H and O–H groups in total. The number of nitrogens with zero attached hydrogens (tertiary/aromatic N) is 2. The van der Waals surface area contributed by atoms with Gasteiger partial charge in [0.1, 0.15) is 5.75 Å². The number of hydrogen-bond donors (Lipinski definition) is 1. The molecule has 1 saturated heterocycles. The molecule has 1 fully saturated rings. The number of carbonyl (C=O) groups excluding carboxylic acids is 2. The molecule has 0 saturated carbocycles. The fourth-order valence-electron chi connectivity index (χ4n) is 4.08. The minimum Gasteiger partial charge on any atom is -0.482 e. The molecule has 0 aliphatic carbocycles. The number of nitrogens with one attached hydrogen (secondary N) is 1. The van der Waals surface area contributed by atoms with E-state index in [-0.39, 0.29) is 29.7 Å². The van der Waals surface area contributed by atoms with Crippen LogP contribution >= 0.6 is 11.6 Å². The van der Waals surface area contributed by atoms with E-state index in [4.69, 9.17) is 16.3 Å². The number of carbonyl (C=O) groups is 2. The highest BCUT2D eigenvalue weighted by Gasteiger charge is 2.30. The summed E-state index contributed by atoms with van der Waals surface area (Å²) < 4.78 is 31.4. The van der Waals surface area contributed by atoms with E-state index in [1.807, 2.05) is 25.1 Å². The highest BCUT2D eigenvalue weighted by molar-refractivity contribution is 7.92. The topological polar surface area (TPSA) is 96.0 Å². The molecule has 1 unspecified atom stereocenters. The van der Waals surface area contributed by atoms with Crippen LogP contribution in [0, 0.1) is 6.92 Å². The van der Waals surface area contributed by atoms with Crippen LogP contribution in [0.25, 0.3) is 0 Å². The summed E-state index contributed by atoms with van der Waals surface area (Å²) in [4.78, 5) is 28.4. The molecule has 2 heterocycles. The molecular weight excluding hydrogens is 466 g/mol. The van der Waals surface area contributed by atoms with E-state index in [2.05, 4.69) is 10.2 Å². The molecule has 4 rings (SSSR count). The number of piperazine rings is 1. The van der Waals surface area contributed by atoms with Crippen LogP contribution in [-0.2, 0) is 19.4 Å². The molecule has 0 radical (unpaired) electrons. The lowest BCUT2D eigenvalue weighted by atomic mass is 10.1. The summed E-state index contributed by atoms with van der Waals surface area (Å²) in [6.45, 7) is 5.78. The van der Waals surface area contributed by atoms with Crippen molar-refractivity contribution in [3.05, 3.63) is 47.0 Å². The van der Waals surface area contributed by atoms with Crippen LogP contribution in [0.5, 0.6) is 5.75 Å². The van der Waals surface area contributed by atoms with Gasteiger partial charge in [-0.25, -0.2) is 8.42 Å². The van der Waals surface area contributed by atoms with Crippen LogP contribution in [0.15, 0.2) is 41.3 Å². The van der Waals surface area contributed by atoms with Crippen molar-refractivity contribution in [2.45, 2.75) is 30.4 Å². The number of anilines is 2. The van der Waals surface area contributed by atoms with E-state index in [1.54, 1.807) is 4.90 Å². The van der Waals surface area contributed by atoms with Crippen molar-refractivity contribution in [3.8, 4) is 5.75 Å². The molecule has 2 amide bonds. The molecule has 2 aromatic carbocycles. The number of halogens is 1. The Morgan fingerprint density at radius 1 is 1.15 bits per heavy atom. The highest BCUT2D eigenvalue weighted by Crippen LogP contribution is 2.32. The second-order valence-electron chi connectivity index (χ2n) is 8.35. The number of sulfone groups is 1. The molecule has 10 heteroatoms. The SMILES string of the molecule is Cc1ccc(Cl)cc1N1CCN(C(=O)CC(C)S(=O)(=O)c2ccc3c(c2)NC(=O)CO3)CC1. The first-order valence-electron chi connectivity index (χ1n) is 10.7. The first kappa shape index (κ1) is 23.4. The zero-order chi connectivity index (χ0) is 23.8. The van der Waals surface area contributed by atoms with Gasteiger partial charge in [-0.2, -0.15) is 0 Å². The summed E-state index contributed by atoms with van der Waals surface area (Å²) in [6.07, 6.45) is -0.113. The fraction of sp³-hybridized carbons (Fsp3) is 0.391. The average Bonchev–Trinajstić information content (AvgIpc) is 2.80. The maximum absolute atomic E-state index is 13.1. The molecule has 0 aromatic heterocycles. The Bertz CT molecular complexity index is 1190. The zero-order valence-electron chi connectivity index (χ0n) is 18.5. The van der Waals surface area contributed by atoms with E-state index >= 15 is 0 Å². The van der Waals surface area contributed by atoms with Crippen molar-refractivity contribution in [1.82, 2.24) is 4.90 Å². The first-order chi connectivity index (χ1) is 15.6. The van der Waals surface area contributed by atoms with Crippen LogP contribution in [0.2, 0.25) is 5.02 Å². The number of ether oxygens (including phenoxy) is 1. The minimum absolute atomic E-state index is 0.0496. The molecule has 2 aliphatic rings. The van der Waals surface area contributed by atoms with Crippen molar-refractivity contribution in [2.24, 2.45) is 0 Å². The highest BCUT2D eigenvalue weighted by atomic mass is 35.5. The number of rotatable bonds is 5. The Morgan fingerprint density at radius 3 is 2.61 bits per heavy atom. The average molecular weight is 492 g/mol. The number of benzene rings is 2. The Balaban J connectivity index is 1.39. The Hall–Kier alpha value is -2.78. The Kier molecular flexibility index (Phi) is 6.54. The molecule has 176 valence electrons. The molecule has 1 atom stereocenters. The van der Waals surface area contributed by atoms with Gasteiger partial charge in [0.15, 0.2) is 16.4 Å². The van der Waals surface area contributed by atoms with Gasteiger partial charge in [0, 0.05) is 43.3 Å². The van der Waals surface area contributed by atoms with E-state index < -0.39 is 15.1 Å². The normalized spacial score (nSPS) is 17.1. The van der Waals surface area contributed by atoms with Gasteiger partial charge in [0.25, 0.3) is 5.91 Å². The molecule has 8 nitrogen and oxygen atoms in total. The van der Waals surface area contributed by atoms with Crippen molar-refractivity contribution in [1.29, 1.82) is 0 Å². The first-order valence-corrected chi connectivity index (χ1v) is 12.7. The second kappa shape index (κ2) is 9.23. The predicted octanol–water partition coefficient (Wildman–Crippen LogP) is 2.88. The van der Waals surface area contributed by atoms with Crippen molar-refractivity contribution < 1.29 is 22.7 Å². The zero-order valence-corrected chi connectivity index (χ0v) is 20.1. The summed E-state index contributed by atoms with van der Waals surface area (Å²) >= 11 is 6.14. The standard InChI is InChI=1S/C23H26ClN3O5S/c1-15-3-4-17(24)12-20(15)26-7-9-27(10-8-26)23(29)11-16(2)33(30,31)18-5-6-21-19(13-18)25-22(28)14-32-21/h3-6,12-13,16H,7-11,14H2,1-2H3,(H,25,28). The smallest absolute Gasteiger partial charge is 0.262 e. The number of fused-ring (bicyclic) bond motifs is 1. The van der Waals surface area contributed by atoms with E-state index in [0.29, 0.717) is 42.6 Å². The van der Waals surface area contributed by atoms with E-state index in [0.717, 1.165) is 11.3 Å². The van der Waals surface area contributed by atoms with Gasteiger partial charge in [-0.1, -0.05) is 17.7 Å². The summed E-state index contributed by atoms with van der Waals surface area (Å²) in [5, 5.41) is 2.37. The molecule has 2 aliphatic heterocycles. The maximum Gasteiger partial charge on any atom is 0.262 e. The fourth-order valence-corrected chi connectivity index (χ4v) is 5.61. The van der Waals surface area contributed by atoms with Gasteiger partial charge in [-0.05, 0) is 49.7 Å². The summed E-state index contributed by atoms with van der Waals surface area (Å²) in [6, 6.07) is 10.1. The minimum atomic E-state index is -3.77. The van der Waals surface area contributed by atoms with Gasteiger partial charge in [-0.3, -0.25) is 9.59 Å². The molecule has 2 aromatic rings. The van der Waals surface area contributed by atoms with Crippen LogP contribution in [0.1, 0.15) is 18.9 Å². The summed E-state index contributed by atoms with van der Waals surface area (Å²) in [5.74, 6) is -0.111. The summed E-state index contributed by atoms with van der Waals surface area (Å²) in [7, 11) is -3.77. The number of amides is 2. The quantitative estimate of drug-likeness (QED) is 0.691. The van der Waals surface area contributed by atoms with Crippen LogP contribution in [0.3, 0.4) is 0 Å². The molecule has 33 heavy (non-hydrogen) atoms.